The minimum absolute atomic E-state index is 0.133. The molecule has 0 N–H and O–H groups in total. The van der Waals surface area contributed by atoms with Crippen molar-refractivity contribution in [1.29, 1.82) is 0 Å². The molecule has 31 heavy (non-hydrogen) atoms. The maximum atomic E-state index is 13.6. The van der Waals surface area contributed by atoms with Crippen LogP contribution in [0.4, 0.5) is 0 Å². The van der Waals surface area contributed by atoms with Crippen LogP contribution in [0.2, 0.25) is 0 Å². The number of fused-ring (bicyclic) bond motifs is 5. The molecule has 5 rings (SSSR count). The van der Waals surface area contributed by atoms with E-state index in [1.807, 2.05) is 6.92 Å². The Balaban J connectivity index is 1.36. The first-order valence-electron chi connectivity index (χ1n) is 12.2. The van der Waals surface area contributed by atoms with E-state index >= 15 is 0 Å². The summed E-state index contributed by atoms with van der Waals surface area (Å²) in [5, 5.41) is 0. The Morgan fingerprint density at radius 2 is 1.84 bits per heavy atom. The molecule has 0 aromatic heterocycles. The molecule has 0 radical (unpaired) electrons. The third kappa shape index (κ3) is 3.19. The Morgan fingerprint density at radius 3 is 2.58 bits per heavy atom. The highest BCUT2D eigenvalue weighted by molar-refractivity contribution is 6.00. The van der Waals surface area contributed by atoms with Crippen LogP contribution in [0.25, 0.3) is 0 Å². The average molecular weight is 433 g/mol. The molecule has 3 aliphatic carbocycles. The number of hydrogen-bond donors (Lipinski definition) is 0. The highest BCUT2D eigenvalue weighted by atomic mass is 16.6. The van der Waals surface area contributed by atoms with Crippen LogP contribution in [0.5, 0.6) is 0 Å². The third-order valence-electron chi connectivity index (χ3n) is 9.50. The normalized spacial score (nSPS) is 46.8. The van der Waals surface area contributed by atoms with Crippen molar-refractivity contribution in [3.8, 4) is 0 Å². The number of esters is 3. The molecule has 5 fully saturated rings. The monoisotopic (exact) mass is 432 g/mol. The molecule has 2 aliphatic heterocycles. The van der Waals surface area contributed by atoms with Crippen molar-refractivity contribution < 1.29 is 28.6 Å². The van der Waals surface area contributed by atoms with Crippen molar-refractivity contribution in [2.75, 3.05) is 6.61 Å². The lowest BCUT2D eigenvalue weighted by molar-refractivity contribution is -0.185. The van der Waals surface area contributed by atoms with Gasteiger partial charge in [0.05, 0.1) is 23.4 Å². The number of rotatable bonds is 4. The summed E-state index contributed by atoms with van der Waals surface area (Å²) in [6.45, 7) is 8.15. The fourth-order valence-corrected chi connectivity index (χ4v) is 7.97. The van der Waals surface area contributed by atoms with Gasteiger partial charge in [0.2, 0.25) is 0 Å². The zero-order valence-electron chi connectivity index (χ0n) is 19.2. The Bertz CT molecular complexity index is 789. The summed E-state index contributed by atoms with van der Waals surface area (Å²) in [6, 6.07) is 0. The van der Waals surface area contributed by atoms with E-state index in [1.165, 1.54) is 19.3 Å². The van der Waals surface area contributed by atoms with Gasteiger partial charge in [0.25, 0.3) is 0 Å². The van der Waals surface area contributed by atoms with Gasteiger partial charge in [-0.15, -0.1) is 0 Å². The number of hydrogen-bond acceptors (Lipinski definition) is 6. The Morgan fingerprint density at radius 1 is 1.10 bits per heavy atom. The van der Waals surface area contributed by atoms with Gasteiger partial charge < -0.3 is 14.2 Å². The average Bonchev–Trinajstić information content (AvgIpc) is 3.42. The third-order valence-corrected chi connectivity index (χ3v) is 9.50. The van der Waals surface area contributed by atoms with Crippen molar-refractivity contribution in [3.05, 3.63) is 0 Å². The Kier molecular flexibility index (Phi) is 5.04. The zero-order valence-corrected chi connectivity index (χ0v) is 19.2. The SMILES string of the molecule is CC1CCCOC1C1C(=O)OC(=O)C1C(C)(C)C(=O)OC1(C)CC2CC1C1CCCC21. The molecule has 2 heterocycles. The zero-order chi connectivity index (χ0) is 22.1. The van der Waals surface area contributed by atoms with Gasteiger partial charge in [0.15, 0.2) is 0 Å². The van der Waals surface area contributed by atoms with Crippen LogP contribution in [0.3, 0.4) is 0 Å². The largest absolute Gasteiger partial charge is 0.459 e. The predicted octanol–water partition coefficient (Wildman–Crippen LogP) is 3.90. The molecule has 0 spiro atoms. The second-order valence-electron chi connectivity index (χ2n) is 11.7. The van der Waals surface area contributed by atoms with E-state index in [2.05, 4.69) is 6.92 Å². The second-order valence-corrected chi connectivity index (χ2v) is 11.7. The van der Waals surface area contributed by atoms with E-state index in [1.54, 1.807) is 13.8 Å². The molecular formula is C25H36O6. The first kappa shape index (κ1) is 21.4. The van der Waals surface area contributed by atoms with Gasteiger partial charge in [0.1, 0.15) is 5.60 Å². The summed E-state index contributed by atoms with van der Waals surface area (Å²) in [7, 11) is 0. The lowest BCUT2D eigenvalue weighted by Gasteiger charge is -2.43. The highest BCUT2D eigenvalue weighted by Gasteiger charge is 2.63. The van der Waals surface area contributed by atoms with Crippen molar-refractivity contribution >= 4 is 17.9 Å². The van der Waals surface area contributed by atoms with Crippen LogP contribution in [0.1, 0.15) is 72.6 Å². The van der Waals surface area contributed by atoms with E-state index in [-0.39, 0.29) is 11.9 Å². The second kappa shape index (κ2) is 7.29. The summed E-state index contributed by atoms with van der Waals surface area (Å²) in [4.78, 5) is 39.0. The number of carbonyl (C=O) groups excluding carboxylic acids is 3. The van der Waals surface area contributed by atoms with Gasteiger partial charge in [0, 0.05) is 12.5 Å². The van der Waals surface area contributed by atoms with Crippen molar-refractivity contribution in [2.24, 2.45) is 46.8 Å². The Hall–Kier alpha value is -1.43. The summed E-state index contributed by atoms with van der Waals surface area (Å²) in [6.07, 6.45) is 7.39. The maximum absolute atomic E-state index is 13.6. The summed E-state index contributed by atoms with van der Waals surface area (Å²) < 4.78 is 17.3. The molecule has 6 nitrogen and oxygen atoms in total. The van der Waals surface area contributed by atoms with Gasteiger partial charge in [-0.25, -0.2) is 0 Å². The molecule has 2 bridgehead atoms. The molecule has 6 heteroatoms. The standard InChI is InChI=1S/C25H36O6/c1-13-7-6-10-29-20(13)18-19(22(27)30-21(18)26)24(2,3)23(28)31-25(4)12-14-11-17(25)16-9-5-8-15(14)16/h13-20H,5-12H2,1-4H3. The van der Waals surface area contributed by atoms with Gasteiger partial charge in [-0.1, -0.05) is 13.3 Å². The van der Waals surface area contributed by atoms with Crippen LogP contribution >= 0.6 is 0 Å². The fraction of sp³-hybridized carbons (Fsp3) is 0.880. The molecular weight excluding hydrogens is 396 g/mol. The molecule has 3 saturated carbocycles. The van der Waals surface area contributed by atoms with E-state index < -0.39 is 40.9 Å². The van der Waals surface area contributed by atoms with Gasteiger partial charge in [-0.3, -0.25) is 14.4 Å². The molecule has 0 amide bonds. The number of cyclic esters (lactones) is 2. The molecule has 5 aliphatic rings. The van der Waals surface area contributed by atoms with Gasteiger partial charge in [-0.2, -0.15) is 0 Å². The van der Waals surface area contributed by atoms with Crippen LogP contribution < -0.4 is 0 Å². The molecule has 9 atom stereocenters. The van der Waals surface area contributed by atoms with Crippen LogP contribution in [0.15, 0.2) is 0 Å². The molecule has 0 aromatic rings. The first-order chi connectivity index (χ1) is 14.6. The fourth-order valence-electron chi connectivity index (χ4n) is 7.97. The van der Waals surface area contributed by atoms with Crippen LogP contribution in [-0.2, 0) is 28.6 Å². The van der Waals surface area contributed by atoms with Crippen molar-refractivity contribution in [1.82, 2.24) is 0 Å². The highest BCUT2D eigenvalue weighted by Crippen LogP contribution is 2.63. The molecule has 0 aromatic carbocycles. The molecule has 9 unspecified atom stereocenters. The number of ether oxygens (including phenoxy) is 3. The molecule has 2 saturated heterocycles. The van der Waals surface area contributed by atoms with Crippen LogP contribution in [0, 0.1) is 46.8 Å². The predicted molar refractivity (Wildman–Crippen MR) is 112 cm³/mol. The maximum Gasteiger partial charge on any atom is 0.320 e. The van der Waals surface area contributed by atoms with Crippen molar-refractivity contribution in [3.63, 3.8) is 0 Å². The van der Waals surface area contributed by atoms with Crippen LogP contribution in [-0.4, -0.2) is 36.2 Å². The quantitative estimate of drug-likeness (QED) is 0.495. The van der Waals surface area contributed by atoms with E-state index in [0.29, 0.717) is 24.4 Å². The van der Waals surface area contributed by atoms with E-state index in [9.17, 15) is 14.4 Å². The minimum atomic E-state index is -1.16. The summed E-state index contributed by atoms with van der Waals surface area (Å²) in [5.74, 6) is -0.515. The number of carbonyl (C=O) groups is 3. The summed E-state index contributed by atoms with van der Waals surface area (Å²) in [5.41, 5.74) is -1.63. The Labute approximate surface area is 184 Å². The smallest absolute Gasteiger partial charge is 0.320 e. The minimum Gasteiger partial charge on any atom is -0.459 e. The van der Waals surface area contributed by atoms with Gasteiger partial charge >= 0.3 is 17.9 Å². The summed E-state index contributed by atoms with van der Waals surface area (Å²) >= 11 is 0. The molecule has 172 valence electrons. The topological polar surface area (TPSA) is 78.9 Å². The first-order valence-corrected chi connectivity index (χ1v) is 12.2. The van der Waals surface area contributed by atoms with Crippen molar-refractivity contribution in [2.45, 2.75) is 84.3 Å². The van der Waals surface area contributed by atoms with E-state index in [4.69, 9.17) is 14.2 Å². The lowest BCUT2D eigenvalue weighted by Crippen LogP contribution is -2.50. The van der Waals surface area contributed by atoms with Gasteiger partial charge in [-0.05, 0) is 83.0 Å². The lowest BCUT2D eigenvalue weighted by atomic mass is 9.68. The van der Waals surface area contributed by atoms with E-state index in [0.717, 1.165) is 31.6 Å².